The Labute approximate surface area is 104 Å². The van der Waals surface area contributed by atoms with Gasteiger partial charge in [-0.3, -0.25) is 4.68 Å². The fraction of sp³-hybridized carbons (Fsp3) is 0.769. The van der Waals surface area contributed by atoms with Crippen molar-refractivity contribution in [3.05, 3.63) is 11.8 Å². The third-order valence-corrected chi connectivity index (χ3v) is 3.76. The predicted molar refractivity (Wildman–Crippen MR) is 71.5 cm³/mol. The molecule has 0 saturated carbocycles. The van der Waals surface area contributed by atoms with E-state index in [1.54, 1.807) is 0 Å². The molecule has 1 aromatic heterocycles. The van der Waals surface area contributed by atoms with Crippen LogP contribution in [0.3, 0.4) is 0 Å². The minimum Gasteiger partial charge on any atom is -0.352 e. The first-order chi connectivity index (χ1) is 8.11. The molecule has 0 bridgehead atoms. The third-order valence-electron chi connectivity index (χ3n) is 3.76. The number of aromatic nitrogens is 2. The number of rotatable bonds is 3. The van der Waals surface area contributed by atoms with Gasteiger partial charge >= 0.3 is 0 Å². The lowest BCUT2D eigenvalue weighted by Crippen LogP contribution is -2.47. The van der Waals surface area contributed by atoms with Crippen molar-refractivity contribution >= 4 is 5.82 Å². The summed E-state index contributed by atoms with van der Waals surface area (Å²) in [5, 5.41) is 8.13. The van der Waals surface area contributed by atoms with Gasteiger partial charge in [0.05, 0.1) is 0 Å². The molecule has 4 heteroatoms. The van der Waals surface area contributed by atoms with E-state index in [4.69, 9.17) is 0 Å². The second-order valence-electron chi connectivity index (χ2n) is 5.09. The van der Waals surface area contributed by atoms with Crippen LogP contribution in [0.2, 0.25) is 0 Å². The van der Waals surface area contributed by atoms with E-state index in [0.717, 1.165) is 18.9 Å². The Morgan fingerprint density at radius 1 is 1.53 bits per heavy atom. The Balaban J connectivity index is 2.04. The monoisotopic (exact) mass is 236 g/mol. The molecule has 0 spiro atoms. The molecular formula is C13H24N4. The zero-order chi connectivity index (χ0) is 12.4. The Morgan fingerprint density at radius 3 is 2.82 bits per heavy atom. The number of nitrogens with one attached hydrogen (secondary N) is 1. The van der Waals surface area contributed by atoms with Crippen molar-refractivity contribution < 1.29 is 0 Å². The van der Waals surface area contributed by atoms with Crippen molar-refractivity contribution in [3.8, 4) is 0 Å². The molecule has 0 aromatic carbocycles. The van der Waals surface area contributed by atoms with E-state index in [-0.39, 0.29) is 0 Å². The van der Waals surface area contributed by atoms with Gasteiger partial charge in [-0.15, -0.1) is 0 Å². The maximum atomic E-state index is 4.58. The summed E-state index contributed by atoms with van der Waals surface area (Å²) < 4.78 is 1.96. The van der Waals surface area contributed by atoms with E-state index >= 15 is 0 Å². The normalized spacial score (nSPS) is 25.3. The van der Waals surface area contributed by atoms with E-state index in [2.05, 4.69) is 42.2 Å². The SMILES string of the molecule is CCNC1CCN(c2cc(C)n(C)n2)C(C)C1. The highest BCUT2D eigenvalue weighted by molar-refractivity contribution is 5.41. The van der Waals surface area contributed by atoms with Gasteiger partial charge in [0.15, 0.2) is 5.82 Å². The molecule has 0 radical (unpaired) electrons. The number of piperidine rings is 1. The Hall–Kier alpha value is -1.03. The van der Waals surface area contributed by atoms with Crippen LogP contribution in [0, 0.1) is 6.92 Å². The predicted octanol–water partition coefficient (Wildman–Crippen LogP) is 1.70. The molecule has 2 heterocycles. The second kappa shape index (κ2) is 5.08. The zero-order valence-corrected chi connectivity index (χ0v) is 11.4. The van der Waals surface area contributed by atoms with E-state index in [9.17, 15) is 0 Å². The van der Waals surface area contributed by atoms with Crippen molar-refractivity contribution in [1.29, 1.82) is 0 Å². The van der Waals surface area contributed by atoms with Crippen LogP contribution in [-0.2, 0) is 7.05 Å². The van der Waals surface area contributed by atoms with Gasteiger partial charge in [-0.1, -0.05) is 6.92 Å². The number of hydrogen-bond donors (Lipinski definition) is 1. The molecule has 2 rings (SSSR count). The molecule has 1 N–H and O–H groups in total. The quantitative estimate of drug-likeness (QED) is 0.867. The topological polar surface area (TPSA) is 33.1 Å². The number of nitrogens with zero attached hydrogens (tertiary/aromatic N) is 3. The summed E-state index contributed by atoms with van der Waals surface area (Å²) in [6.45, 7) is 8.76. The number of hydrogen-bond acceptors (Lipinski definition) is 3. The van der Waals surface area contributed by atoms with Crippen molar-refractivity contribution in [1.82, 2.24) is 15.1 Å². The summed E-state index contributed by atoms with van der Waals surface area (Å²) >= 11 is 0. The van der Waals surface area contributed by atoms with Gasteiger partial charge in [-0.2, -0.15) is 5.10 Å². The van der Waals surface area contributed by atoms with Crippen molar-refractivity contribution in [2.45, 2.75) is 45.7 Å². The molecule has 2 atom stereocenters. The average molecular weight is 236 g/mol. The molecule has 96 valence electrons. The maximum absolute atomic E-state index is 4.58. The first-order valence-electron chi connectivity index (χ1n) is 6.62. The lowest BCUT2D eigenvalue weighted by atomic mass is 9.98. The molecule has 1 aromatic rings. The standard InChI is InChI=1S/C13H24N4/c1-5-14-12-6-7-17(11(3)8-12)13-9-10(2)16(4)15-13/h9,11-12,14H,5-8H2,1-4H3. The third kappa shape index (κ3) is 2.63. The molecule has 0 amide bonds. The highest BCUT2D eigenvalue weighted by Gasteiger charge is 2.26. The van der Waals surface area contributed by atoms with Crippen LogP contribution < -0.4 is 10.2 Å². The maximum Gasteiger partial charge on any atom is 0.151 e. The largest absolute Gasteiger partial charge is 0.352 e. The summed E-state index contributed by atoms with van der Waals surface area (Å²) in [7, 11) is 2.01. The van der Waals surface area contributed by atoms with Crippen LogP contribution in [0.25, 0.3) is 0 Å². The van der Waals surface area contributed by atoms with E-state index in [0.29, 0.717) is 12.1 Å². The molecular weight excluding hydrogens is 212 g/mol. The zero-order valence-electron chi connectivity index (χ0n) is 11.4. The Bertz CT molecular complexity index is 352. The molecule has 1 saturated heterocycles. The molecule has 1 aliphatic rings. The van der Waals surface area contributed by atoms with Gasteiger partial charge in [-0.05, 0) is 33.2 Å². The van der Waals surface area contributed by atoms with Crippen LogP contribution >= 0.6 is 0 Å². The first kappa shape index (κ1) is 12.4. The molecule has 1 fully saturated rings. The molecule has 2 unspecified atom stereocenters. The minimum atomic E-state index is 0.571. The van der Waals surface area contributed by atoms with Gasteiger partial charge < -0.3 is 10.2 Å². The van der Waals surface area contributed by atoms with Gasteiger partial charge in [0.2, 0.25) is 0 Å². The summed E-state index contributed by atoms with van der Waals surface area (Å²) in [5.74, 6) is 1.13. The van der Waals surface area contributed by atoms with Crippen LogP contribution in [-0.4, -0.2) is 35.0 Å². The molecule has 17 heavy (non-hydrogen) atoms. The highest BCUT2D eigenvalue weighted by atomic mass is 15.4. The van der Waals surface area contributed by atoms with Crippen LogP contribution in [0.4, 0.5) is 5.82 Å². The molecule has 1 aliphatic heterocycles. The number of anilines is 1. The summed E-state index contributed by atoms with van der Waals surface area (Å²) in [6, 6.07) is 3.43. The fourth-order valence-corrected chi connectivity index (χ4v) is 2.67. The summed E-state index contributed by atoms with van der Waals surface area (Å²) in [6.07, 6.45) is 2.43. The molecule has 4 nitrogen and oxygen atoms in total. The van der Waals surface area contributed by atoms with Gasteiger partial charge in [0.25, 0.3) is 0 Å². The Morgan fingerprint density at radius 2 is 2.29 bits per heavy atom. The van der Waals surface area contributed by atoms with Crippen LogP contribution in [0.1, 0.15) is 32.4 Å². The lowest BCUT2D eigenvalue weighted by molar-refractivity contribution is 0.372. The second-order valence-corrected chi connectivity index (χ2v) is 5.09. The van der Waals surface area contributed by atoms with Gasteiger partial charge in [0.1, 0.15) is 0 Å². The summed E-state index contributed by atoms with van der Waals surface area (Å²) in [4.78, 5) is 2.43. The summed E-state index contributed by atoms with van der Waals surface area (Å²) in [5.41, 5.74) is 1.22. The fourth-order valence-electron chi connectivity index (χ4n) is 2.67. The van der Waals surface area contributed by atoms with Crippen LogP contribution in [0.15, 0.2) is 6.07 Å². The van der Waals surface area contributed by atoms with Crippen LogP contribution in [0.5, 0.6) is 0 Å². The van der Waals surface area contributed by atoms with Crippen molar-refractivity contribution in [2.75, 3.05) is 18.0 Å². The average Bonchev–Trinajstić information content (AvgIpc) is 2.59. The number of aryl methyl sites for hydroxylation is 2. The minimum absolute atomic E-state index is 0.571. The van der Waals surface area contributed by atoms with E-state index in [1.165, 1.54) is 18.5 Å². The van der Waals surface area contributed by atoms with E-state index in [1.807, 2.05) is 11.7 Å². The molecule has 0 aliphatic carbocycles. The lowest BCUT2D eigenvalue weighted by Gasteiger charge is -2.38. The first-order valence-corrected chi connectivity index (χ1v) is 6.62. The van der Waals surface area contributed by atoms with Crippen molar-refractivity contribution in [2.24, 2.45) is 7.05 Å². The highest BCUT2D eigenvalue weighted by Crippen LogP contribution is 2.24. The Kier molecular flexibility index (Phi) is 3.72. The van der Waals surface area contributed by atoms with Gasteiger partial charge in [0, 0.05) is 37.4 Å². The van der Waals surface area contributed by atoms with Gasteiger partial charge in [-0.25, -0.2) is 0 Å². The van der Waals surface area contributed by atoms with E-state index < -0.39 is 0 Å². The smallest absolute Gasteiger partial charge is 0.151 e. The van der Waals surface area contributed by atoms with Crippen molar-refractivity contribution in [3.63, 3.8) is 0 Å².